The van der Waals surface area contributed by atoms with Gasteiger partial charge in [0.15, 0.2) is 0 Å². The first-order chi connectivity index (χ1) is 16.4. The van der Waals surface area contributed by atoms with E-state index >= 15 is 0 Å². The first-order valence-corrected chi connectivity index (χ1v) is 11.2. The van der Waals surface area contributed by atoms with Crippen molar-refractivity contribution in [2.45, 2.75) is 31.8 Å². The van der Waals surface area contributed by atoms with E-state index in [0.29, 0.717) is 13.0 Å². The third kappa shape index (κ3) is 6.55. The van der Waals surface area contributed by atoms with Gasteiger partial charge in [0.25, 0.3) is 0 Å². The average Bonchev–Trinajstić information content (AvgIpc) is 3.14. The van der Waals surface area contributed by atoms with Crippen molar-refractivity contribution in [2.24, 2.45) is 5.92 Å². The zero-order chi connectivity index (χ0) is 24.5. The Kier molecular flexibility index (Phi) is 9.00. The summed E-state index contributed by atoms with van der Waals surface area (Å²) in [5.74, 6) is -1.75. The highest BCUT2D eigenvalue weighted by molar-refractivity contribution is 5.79. The van der Waals surface area contributed by atoms with E-state index in [9.17, 15) is 14.4 Å². The van der Waals surface area contributed by atoms with E-state index in [0.717, 1.165) is 11.1 Å². The van der Waals surface area contributed by atoms with Gasteiger partial charge in [-0.3, -0.25) is 9.63 Å². The Morgan fingerprint density at radius 1 is 1.03 bits per heavy atom. The van der Waals surface area contributed by atoms with Gasteiger partial charge in [-0.2, -0.15) is 0 Å². The van der Waals surface area contributed by atoms with Gasteiger partial charge in [-0.25, -0.2) is 15.1 Å². The predicted molar refractivity (Wildman–Crippen MR) is 124 cm³/mol. The number of hydrogen-bond acceptors (Lipinski definition) is 6. The summed E-state index contributed by atoms with van der Waals surface area (Å²) < 4.78 is 10.2. The molecule has 2 aromatic carbocycles. The van der Waals surface area contributed by atoms with Gasteiger partial charge >= 0.3 is 12.1 Å². The summed E-state index contributed by atoms with van der Waals surface area (Å²) >= 11 is 0. The van der Waals surface area contributed by atoms with E-state index < -0.39 is 24.1 Å². The molecular formula is C25H30N2O7. The van der Waals surface area contributed by atoms with Crippen LogP contribution in [-0.2, 0) is 23.9 Å². The van der Waals surface area contributed by atoms with Crippen molar-refractivity contribution in [1.29, 1.82) is 0 Å². The quantitative estimate of drug-likeness (QED) is 0.407. The highest BCUT2D eigenvalue weighted by Crippen LogP contribution is 2.44. The Hall–Kier alpha value is -3.43. The molecular weight excluding hydrogens is 440 g/mol. The number of methoxy groups -OCH3 is 1. The number of carbonyl (C=O) groups excluding carboxylic acids is 2. The Morgan fingerprint density at radius 2 is 1.65 bits per heavy atom. The lowest BCUT2D eigenvalue weighted by Crippen LogP contribution is -2.37. The molecule has 0 fully saturated rings. The van der Waals surface area contributed by atoms with Crippen LogP contribution in [0.25, 0.3) is 11.1 Å². The highest BCUT2D eigenvalue weighted by atomic mass is 16.7. The van der Waals surface area contributed by atoms with E-state index in [4.69, 9.17) is 19.4 Å². The Bertz CT molecular complexity index is 965. The second kappa shape index (κ2) is 12.2. The topological polar surface area (TPSA) is 123 Å². The molecule has 2 atom stereocenters. The minimum absolute atomic E-state index is 0.00601. The molecule has 3 N–H and O–H groups in total. The van der Waals surface area contributed by atoms with Crippen molar-refractivity contribution in [3.63, 3.8) is 0 Å². The SMILES string of the molecule is COCC(ONC(=O)CC(C)CCNC(=O)OCC1c2ccccc2-c2ccccc21)C(=O)O. The molecule has 9 nitrogen and oxygen atoms in total. The van der Waals surface area contributed by atoms with E-state index in [1.807, 2.05) is 31.2 Å². The fraction of sp³-hybridized carbons (Fsp3) is 0.400. The van der Waals surface area contributed by atoms with Crippen LogP contribution in [-0.4, -0.2) is 56.0 Å². The summed E-state index contributed by atoms with van der Waals surface area (Å²) in [4.78, 5) is 40.0. The van der Waals surface area contributed by atoms with Crippen molar-refractivity contribution in [2.75, 3.05) is 26.9 Å². The van der Waals surface area contributed by atoms with Gasteiger partial charge in [0, 0.05) is 26.0 Å². The van der Waals surface area contributed by atoms with Crippen molar-refractivity contribution in [1.82, 2.24) is 10.8 Å². The van der Waals surface area contributed by atoms with Crippen molar-refractivity contribution >= 4 is 18.0 Å². The molecule has 1 aliphatic carbocycles. The van der Waals surface area contributed by atoms with Gasteiger partial charge < -0.3 is 19.9 Å². The average molecular weight is 471 g/mol. The Morgan fingerprint density at radius 3 is 2.24 bits per heavy atom. The lowest BCUT2D eigenvalue weighted by molar-refractivity contribution is -0.165. The second-order valence-electron chi connectivity index (χ2n) is 8.28. The van der Waals surface area contributed by atoms with Crippen LogP contribution in [0.2, 0.25) is 0 Å². The number of amides is 2. The number of ether oxygens (including phenoxy) is 2. The second-order valence-corrected chi connectivity index (χ2v) is 8.28. The molecule has 34 heavy (non-hydrogen) atoms. The first-order valence-electron chi connectivity index (χ1n) is 11.2. The molecule has 2 aromatic rings. The number of alkyl carbamates (subject to hydrolysis) is 1. The molecule has 1 aliphatic rings. The summed E-state index contributed by atoms with van der Waals surface area (Å²) in [6.07, 6.45) is -1.13. The lowest BCUT2D eigenvalue weighted by atomic mass is 9.98. The van der Waals surface area contributed by atoms with Crippen LogP contribution in [0.1, 0.15) is 36.8 Å². The van der Waals surface area contributed by atoms with Crippen LogP contribution in [0.15, 0.2) is 48.5 Å². The van der Waals surface area contributed by atoms with Crippen molar-refractivity contribution in [3.8, 4) is 11.1 Å². The Labute approximate surface area is 198 Å². The number of hydroxylamine groups is 1. The van der Waals surface area contributed by atoms with Crippen LogP contribution < -0.4 is 10.8 Å². The van der Waals surface area contributed by atoms with E-state index in [1.54, 1.807) is 0 Å². The molecule has 0 aliphatic heterocycles. The molecule has 0 spiro atoms. The van der Waals surface area contributed by atoms with Gasteiger partial charge in [0.1, 0.15) is 6.61 Å². The van der Waals surface area contributed by atoms with Gasteiger partial charge in [-0.1, -0.05) is 55.5 Å². The normalized spacial score (nSPS) is 13.9. The summed E-state index contributed by atoms with van der Waals surface area (Å²) in [5.41, 5.74) is 6.76. The monoisotopic (exact) mass is 470 g/mol. The standard InChI is InChI=1S/C25H30N2O7/c1-16(13-23(28)27-34-22(15-32-2)24(29)30)11-12-26-25(31)33-14-21-19-9-5-3-7-17(19)18-8-4-6-10-20(18)21/h3-10,16,21-22H,11-15H2,1-2H3,(H,26,31)(H,27,28)(H,29,30). The molecule has 0 radical (unpaired) electrons. The van der Waals surface area contributed by atoms with Crippen molar-refractivity contribution < 1.29 is 33.8 Å². The van der Waals surface area contributed by atoms with Crippen LogP contribution >= 0.6 is 0 Å². The molecule has 182 valence electrons. The van der Waals surface area contributed by atoms with Crippen LogP contribution in [0.5, 0.6) is 0 Å². The minimum atomic E-state index is -1.28. The summed E-state index contributed by atoms with van der Waals surface area (Å²) in [6.45, 7) is 2.24. The molecule has 2 amide bonds. The van der Waals surface area contributed by atoms with E-state index in [-0.39, 0.29) is 31.5 Å². The van der Waals surface area contributed by atoms with E-state index in [2.05, 4.69) is 35.1 Å². The largest absolute Gasteiger partial charge is 0.479 e. The maximum atomic E-state index is 12.2. The number of nitrogens with one attached hydrogen (secondary N) is 2. The van der Waals surface area contributed by atoms with Crippen molar-refractivity contribution in [3.05, 3.63) is 59.7 Å². The molecule has 0 saturated heterocycles. The van der Waals surface area contributed by atoms with Crippen LogP contribution in [0.4, 0.5) is 4.79 Å². The number of aliphatic carboxylic acids is 1. The van der Waals surface area contributed by atoms with Gasteiger partial charge in [0.2, 0.25) is 12.0 Å². The molecule has 3 rings (SSSR count). The molecule has 0 aromatic heterocycles. The number of fused-ring (bicyclic) bond motifs is 3. The fourth-order valence-electron chi connectivity index (χ4n) is 3.97. The number of rotatable bonds is 12. The fourth-order valence-corrected chi connectivity index (χ4v) is 3.97. The number of carboxylic acid groups (broad SMARTS) is 1. The highest BCUT2D eigenvalue weighted by Gasteiger charge is 2.29. The zero-order valence-corrected chi connectivity index (χ0v) is 19.3. The maximum Gasteiger partial charge on any atom is 0.407 e. The molecule has 2 unspecified atom stereocenters. The van der Waals surface area contributed by atoms with Gasteiger partial charge in [0.05, 0.1) is 6.61 Å². The predicted octanol–water partition coefficient (Wildman–Crippen LogP) is 3.09. The third-order valence-corrected chi connectivity index (χ3v) is 5.69. The smallest absolute Gasteiger partial charge is 0.407 e. The number of benzene rings is 2. The number of carbonyl (C=O) groups is 3. The molecule has 9 heteroatoms. The number of hydrogen-bond donors (Lipinski definition) is 3. The Balaban J connectivity index is 1.38. The minimum Gasteiger partial charge on any atom is -0.479 e. The van der Waals surface area contributed by atoms with Gasteiger partial charge in [-0.15, -0.1) is 0 Å². The van der Waals surface area contributed by atoms with Gasteiger partial charge in [-0.05, 0) is 34.6 Å². The van der Waals surface area contributed by atoms with Crippen LogP contribution in [0, 0.1) is 5.92 Å². The third-order valence-electron chi connectivity index (χ3n) is 5.69. The zero-order valence-electron chi connectivity index (χ0n) is 19.3. The lowest BCUT2D eigenvalue weighted by Gasteiger charge is -2.16. The first kappa shape index (κ1) is 25.2. The molecule has 0 saturated carbocycles. The van der Waals surface area contributed by atoms with Crippen LogP contribution in [0.3, 0.4) is 0 Å². The molecule has 0 heterocycles. The maximum absolute atomic E-state index is 12.2. The van der Waals surface area contributed by atoms with E-state index in [1.165, 1.54) is 18.2 Å². The summed E-state index contributed by atoms with van der Waals surface area (Å²) in [7, 11) is 1.34. The molecule has 0 bridgehead atoms. The summed E-state index contributed by atoms with van der Waals surface area (Å²) in [5, 5.41) is 11.7. The summed E-state index contributed by atoms with van der Waals surface area (Å²) in [6, 6.07) is 16.3. The number of carboxylic acids is 1.